The van der Waals surface area contributed by atoms with Crippen molar-refractivity contribution in [2.24, 2.45) is 0 Å². The van der Waals surface area contributed by atoms with E-state index in [2.05, 4.69) is 37.2 Å². The van der Waals surface area contributed by atoms with Crippen LogP contribution < -0.4 is 5.32 Å². The number of halogens is 2. The van der Waals surface area contributed by atoms with Crippen LogP contribution in [0.15, 0.2) is 27.1 Å². The Balaban J connectivity index is 2.86. The largest absolute Gasteiger partial charge is 0.480 e. The maximum absolute atomic E-state index is 11.7. The van der Waals surface area contributed by atoms with E-state index in [4.69, 9.17) is 10.2 Å². The van der Waals surface area contributed by atoms with Crippen LogP contribution in [0.2, 0.25) is 0 Å². The molecule has 0 spiro atoms. The van der Waals surface area contributed by atoms with Gasteiger partial charge in [-0.1, -0.05) is 31.9 Å². The second-order valence-corrected chi connectivity index (χ2v) is 5.04. The molecule has 1 rings (SSSR count). The normalized spacial score (nSPS) is 11.9. The summed E-state index contributed by atoms with van der Waals surface area (Å²) in [6.07, 6.45) is 0. The Kier molecular flexibility index (Phi) is 5.10. The average Bonchev–Trinajstić information content (AvgIpc) is 2.23. The molecule has 17 heavy (non-hydrogen) atoms. The molecule has 7 heteroatoms. The van der Waals surface area contributed by atoms with Crippen molar-refractivity contribution in [1.82, 2.24) is 5.32 Å². The number of aliphatic carboxylic acids is 1. The Hall–Kier alpha value is -0.920. The first-order valence-corrected chi connectivity index (χ1v) is 6.13. The molecule has 0 bridgehead atoms. The molecule has 1 aromatic rings. The molecule has 0 aliphatic heterocycles. The van der Waals surface area contributed by atoms with Crippen LogP contribution in [0.25, 0.3) is 0 Å². The fraction of sp³-hybridized carbons (Fsp3) is 0.200. The van der Waals surface area contributed by atoms with Gasteiger partial charge in [0.25, 0.3) is 5.91 Å². The van der Waals surface area contributed by atoms with E-state index in [-0.39, 0.29) is 0 Å². The standard InChI is InChI=1S/C10H9Br2NO4/c11-6-1-5(2-7(12)3-6)9(15)13-8(4-14)10(16)17/h1-3,8,14H,4H2,(H,13,15)(H,16,17)/t8-/m0/s1. The molecule has 5 nitrogen and oxygen atoms in total. The summed E-state index contributed by atoms with van der Waals surface area (Å²) in [5.41, 5.74) is 0.297. The van der Waals surface area contributed by atoms with Crippen LogP contribution in [0.5, 0.6) is 0 Å². The molecular formula is C10H9Br2NO4. The first-order chi connectivity index (χ1) is 7.93. The second kappa shape index (κ2) is 6.13. The summed E-state index contributed by atoms with van der Waals surface area (Å²) >= 11 is 6.44. The van der Waals surface area contributed by atoms with Crippen LogP contribution in [-0.4, -0.2) is 34.7 Å². The topological polar surface area (TPSA) is 86.6 Å². The van der Waals surface area contributed by atoms with Gasteiger partial charge in [0.1, 0.15) is 0 Å². The van der Waals surface area contributed by atoms with Crippen LogP contribution in [0.1, 0.15) is 10.4 Å². The summed E-state index contributed by atoms with van der Waals surface area (Å²) in [6.45, 7) is -0.657. The number of benzene rings is 1. The molecule has 0 fully saturated rings. The van der Waals surface area contributed by atoms with E-state index in [1.54, 1.807) is 18.2 Å². The molecule has 1 aromatic carbocycles. The Bertz CT molecular complexity index is 430. The quantitative estimate of drug-likeness (QED) is 0.751. The molecule has 3 N–H and O–H groups in total. The van der Waals surface area contributed by atoms with Crippen molar-refractivity contribution in [1.29, 1.82) is 0 Å². The molecule has 1 amide bonds. The monoisotopic (exact) mass is 365 g/mol. The van der Waals surface area contributed by atoms with Gasteiger partial charge in [-0.25, -0.2) is 4.79 Å². The van der Waals surface area contributed by atoms with Gasteiger partial charge in [-0.2, -0.15) is 0 Å². The molecule has 0 aromatic heterocycles. The smallest absolute Gasteiger partial charge is 0.328 e. The van der Waals surface area contributed by atoms with Crippen molar-refractivity contribution in [3.8, 4) is 0 Å². The second-order valence-electron chi connectivity index (χ2n) is 3.20. The third-order valence-electron chi connectivity index (χ3n) is 1.91. The van der Waals surface area contributed by atoms with Crippen molar-refractivity contribution in [2.45, 2.75) is 6.04 Å². The lowest BCUT2D eigenvalue weighted by molar-refractivity contribution is -0.140. The summed E-state index contributed by atoms with van der Waals surface area (Å²) in [5.74, 6) is -1.84. The van der Waals surface area contributed by atoms with Gasteiger partial charge in [0.2, 0.25) is 0 Å². The first kappa shape index (κ1) is 14.1. The molecule has 0 saturated heterocycles. The number of hydrogen-bond donors (Lipinski definition) is 3. The molecule has 0 heterocycles. The highest BCUT2D eigenvalue weighted by Crippen LogP contribution is 2.20. The minimum absolute atomic E-state index is 0.297. The predicted molar refractivity (Wildman–Crippen MR) is 67.8 cm³/mol. The zero-order valence-electron chi connectivity index (χ0n) is 8.48. The summed E-state index contributed by atoms with van der Waals surface area (Å²) in [6, 6.07) is 3.55. The Labute approximate surface area is 114 Å². The zero-order chi connectivity index (χ0) is 13.0. The number of nitrogens with one attached hydrogen (secondary N) is 1. The van der Waals surface area contributed by atoms with E-state index in [1.807, 2.05) is 0 Å². The Morgan fingerprint density at radius 1 is 1.24 bits per heavy atom. The van der Waals surface area contributed by atoms with E-state index in [0.29, 0.717) is 14.5 Å². The van der Waals surface area contributed by atoms with Gasteiger partial charge in [-0.3, -0.25) is 4.79 Å². The van der Waals surface area contributed by atoms with E-state index >= 15 is 0 Å². The van der Waals surface area contributed by atoms with Crippen molar-refractivity contribution < 1.29 is 19.8 Å². The van der Waals surface area contributed by atoms with Crippen LogP contribution >= 0.6 is 31.9 Å². The van der Waals surface area contributed by atoms with Crippen molar-refractivity contribution in [3.05, 3.63) is 32.7 Å². The third-order valence-corrected chi connectivity index (χ3v) is 2.83. The van der Waals surface area contributed by atoms with E-state index in [9.17, 15) is 9.59 Å². The summed E-state index contributed by atoms with van der Waals surface area (Å²) in [5, 5.41) is 19.7. The van der Waals surface area contributed by atoms with Gasteiger partial charge in [0, 0.05) is 14.5 Å². The third kappa shape index (κ3) is 4.10. The van der Waals surface area contributed by atoms with Crippen molar-refractivity contribution in [3.63, 3.8) is 0 Å². The molecular weight excluding hydrogens is 358 g/mol. The van der Waals surface area contributed by atoms with Gasteiger partial charge in [-0.15, -0.1) is 0 Å². The molecule has 1 atom stereocenters. The van der Waals surface area contributed by atoms with Crippen molar-refractivity contribution in [2.75, 3.05) is 6.61 Å². The van der Waals surface area contributed by atoms with Gasteiger partial charge in [-0.05, 0) is 18.2 Å². The molecule has 0 radical (unpaired) electrons. The minimum atomic E-state index is -1.31. The highest BCUT2D eigenvalue weighted by atomic mass is 79.9. The highest BCUT2D eigenvalue weighted by Gasteiger charge is 2.19. The zero-order valence-corrected chi connectivity index (χ0v) is 11.7. The maximum Gasteiger partial charge on any atom is 0.328 e. The molecule has 0 unspecified atom stereocenters. The average molecular weight is 367 g/mol. The number of aliphatic hydroxyl groups excluding tert-OH is 1. The van der Waals surface area contributed by atoms with E-state index in [1.165, 1.54) is 0 Å². The van der Waals surface area contributed by atoms with Gasteiger partial charge < -0.3 is 15.5 Å². The number of carbonyl (C=O) groups is 2. The number of carbonyl (C=O) groups excluding carboxylic acids is 1. The van der Waals surface area contributed by atoms with Gasteiger partial charge >= 0.3 is 5.97 Å². The lowest BCUT2D eigenvalue weighted by Gasteiger charge is -2.11. The number of carboxylic acid groups (broad SMARTS) is 1. The van der Waals surface area contributed by atoms with Gasteiger partial charge in [0.15, 0.2) is 6.04 Å². The SMILES string of the molecule is O=C(N[C@@H](CO)C(=O)O)c1cc(Br)cc(Br)c1. The molecule has 0 saturated carbocycles. The number of hydrogen-bond acceptors (Lipinski definition) is 3. The fourth-order valence-electron chi connectivity index (χ4n) is 1.11. The summed E-state index contributed by atoms with van der Waals surface area (Å²) in [4.78, 5) is 22.3. The van der Waals surface area contributed by atoms with Crippen LogP contribution in [0.3, 0.4) is 0 Å². The molecule has 0 aliphatic rings. The highest BCUT2D eigenvalue weighted by molar-refractivity contribution is 9.11. The summed E-state index contributed by atoms with van der Waals surface area (Å²) < 4.78 is 1.38. The van der Waals surface area contributed by atoms with Crippen LogP contribution in [0.4, 0.5) is 0 Å². The van der Waals surface area contributed by atoms with E-state index in [0.717, 1.165) is 0 Å². The van der Waals surface area contributed by atoms with Gasteiger partial charge in [0.05, 0.1) is 6.61 Å². The van der Waals surface area contributed by atoms with Crippen LogP contribution in [-0.2, 0) is 4.79 Å². The number of rotatable bonds is 4. The molecule has 0 aliphatic carbocycles. The van der Waals surface area contributed by atoms with E-state index < -0.39 is 24.5 Å². The number of amides is 1. The predicted octanol–water partition coefficient (Wildman–Crippen LogP) is 1.39. The minimum Gasteiger partial charge on any atom is -0.480 e. The maximum atomic E-state index is 11.7. The first-order valence-electron chi connectivity index (χ1n) is 4.54. The molecule has 92 valence electrons. The Morgan fingerprint density at radius 2 is 1.76 bits per heavy atom. The van der Waals surface area contributed by atoms with Crippen molar-refractivity contribution >= 4 is 43.7 Å². The lowest BCUT2D eigenvalue weighted by atomic mass is 10.2. The fourth-order valence-corrected chi connectivity index (χ4v) is 2.41. The number of aliphatic hydroxyl groups is 1. The van der Waals surface area contributed by atoms with Crippen LogP contribution in [0, 0.1) is 0 Å². The number of carboxylic acids is 1. The summed E-state index contributed by atoms with van der Waals surface area (Å²) in [7, 11) is 0. The lowest BCUT2D eigenvalue weighted by Crippen LogP contribution is -2.43. The Morgan fingerprint density at radius 3 is 2.18 bits per heavy atom.